The van der Waals surface area contributed by atoms with Crippen molar-refractivity contribution in [2.45, 2.75) is 45.1 Å². The van der Waals surface area contributed by atoms with Crippen LogP contribution in [0.15, 0.2) is 52.9 Å². The van der Waals surface area contributed by atoms with Gasteiger partial charge in [0.1, 0.15) is 6.07 Å². The summed E-state index contributed by atoms with van der Waals surface area (Å²) >= 11 is 0. The quantitative estimate of drug-likeness (QED) is 0.537. The first-order chi connectivity index (χ1) is 13.6. The van der Waals surface area contributed by atoms with Gasteiger partial charge in [0.25, 0.3) is 5.91 Å². The van der Waals surface area contributed by atoms with Crippen molar-refractivity contribution in [3.63, 3.8) is 0 Å². The van der Waals surface area contributed by atoms with Crippen molar-refractivity contribution in [3.8, 4) is 11.9 Å². The maximum Gasteiger partial charge on any atom is 0.269 e. The van der Waals surface area contributed by atoms with Gasteiger partial charge in [-0.15, -0.1) is 0 Å². The molecule has 0 spiro atoms. The number of carbonyl (C=O) groups is 1. The molecule has 7 heteroatoms. The van der Waals surface area contributed by atoms with Gasteiger partial charge >= 0.3 is 0 Å². The van der Waals surface area contributed by atoms with Gasteiger partial charge in [-0.05, 0) is 38.2 Å². The topological polar surface area (TPSA) is 91.5 Å². The maximum absolute atomic E-state index is 12.8. The molecule has 0 saturated heterocycles. The predicted molar refractivity (Wildman–Crippen MR) is 105 cm³/mol. The third kappa shape index (κ3) is 4.71. The zero-order valence-corrected chi connectivity index (χ0v) is 16.0. The van der Waals surface area contributed by atoms with Crippen LogP contribution in [0.3, 0.4) is 0 Å². The van der Waals surface area contributed by atoms with Crippen LogP contribution in [0.25, 0.3) is 0 Å². The molecule has 0 bridgehead atoms. The van der Waals surface area contributed by atoms with Gasteiger partial charge < -0.3 is 4.74 Å². The van der Waals surface area contributed by atoms with Crippen molar-refractivity contribution in [1.29, 1.82) is 5.26 Å². The standard InChI is InChI=1S/C21H23N5O2/c1-15-5-7-17(8-6-15)19-9-10-25-26(19)21(27)16(2)4-3-11-28-20-14-23-18(12-22)13-24-20/h5,7,10,13-14,19H,2-4,6,8-9,11H2,1H3. The monoisotopic (exact) mass is 377 g/mol. The molecule has 0 aromatic carbocycles. The Labute approximate surface area is 164 Å². The fourth-order valence-electron chi connectivity index (χ4n) is 3.13. The molecule has 1 aliphatic carbocycles. The van der Waals surface area contributed by atoms with E-state index in [2.05, 4.69) is 40.7 Å². The second-order valence-corrected chi connectivity index (χ2v) is 6.86. The van der Waals surface area contributed by atoms with E-state index in [0.29, 0.717) is 30.9 Å². The van der Waals surface area contributed by atoms with Crippen LogP contribution >= 0.6 is 0 Å². The Balaban J connectivity index is 1.47. The number of amides is 1. The fraction of sp³-hybridized carbons (Fsp3) is 0.381. The highest BCUT2D eigenvalue weighted by Crippen LogP contribution is 2.28. The summed E-state index contributed by atoms with van der Waals surface area (Å²) in [5, 5.41) is 14.6. The lowest BCUT2D eigenvalue weighted by atomic mass is 9.92. The van der Waals surface area contributed by atoms with Crippen LogP contribution in [0.5, 0.6) is 5.88 Å². The van der Waals surface area contributed by atoms with Crippen molar-refractivity contribution < 1.29 is 9.53 Å². The molecular weight excluding hydrogens is 354 g/mol. The van der Waals surface area contributed by atoms with Crippen LogP contribution in [0.1, 0.15) is 44.7 Å². The third-order valence-electron chi connectivity index (χ3n) is 4.77. The second-order valence-electron chi connectivity index (χ2n) is 6.86. The molecule has 1 amide bonds. The minimum absolute atomic E-state index is 0.00114. The number of hydrogen-bond acceptors (Lipinski definition) is 6. The highest BCUT2D eigenvalue weighted by molar-refractivity contribution is 5.94. The Hall–Kier alpha value is -3.27. The molecule has 7 nitrogen and oxygen atoms in total. The molecule has 0 N–H and O–H groups in total. The number of carbonyl (C=O) groups excluding carboxylic acids is 1. The highest BCUT2D eigenvalue weighted by atomic mass is 16.5. The van der Waals surface area contributed by atoms with E-state index in [1.165, 1.54) is 23.5 Å². The molecule has 2 heterocycles. The second kappa shape index (κ2) is 9.09. The number of allylic oxidation sites excluding steroid dienone is 3. The number of aromatic nitrogens is 2. The van der Waals surface area contributed by atoms with Crippen LogP contribution in [-0.4, -0.2) is 39.7 Å². The van der Waals surface area contributed by atoms with Gasteiger partial charge in [-0.25, -0.2) is 15.0 Å². The van der Waals surface area contributed by atoms with Gasteiger partial charge in [0.2, 0.25) is 5.88 Å². The van der Waals surface area contributed by atoms with Crippen LogP contribution in [0, 0.1) is 11.3 Å². The molecule has 1 aromatic rings. The Morgan fingerprint density at radius 3 is 2.89 bits per heavy atom. The molecular formula is C21H23N5O2. The van der Waals surface area contributed by atoms with E-state index in [1.807, 2.05) is 6.07 Å². The predicted octanol–water partition coefficient (Wildman–Crippen LogP) is 3.32. The summed E-state index contributed by atoms with van der Waals surface area (Å²) in [7, 11) is 0. The molecule has 0 saturated carbocycles. The van der Waals surface area contributed by atoms with Gasteiger partial charge in [0.15, 0.2) is 5.69 Å². The Morgan fingerprint density at radius 1 is 1.36 bits per heavy atom. The SMILES string of the molecule is C=C(CCCOc1cnc(C#N)cn1)C(=O)N1N=CCC1C1=CC=C(C)CC1. The summed E-state index contributed by atoms with van der Waals surface area (Å²) in [6, 6.07) is 1.90. The summed E-state index contributed by atoms with van der Waals surface area (Å²) < 4.78 is 5.49. The molecule has 1 atom stereocenters. The van der Waals surface area contributed by atoms with Gasteiger partial charge in [0, 0.05) is 18.2 Å². The van der Waals surface area contributed by atoms with E-state index < -0.39 is 0 Å². The van der Waals surface area contributed by atoms with Crippen molar-refractivity contribution in [2.24, 2.45) is 5.10 Å². The molecule has 1 aromatic heterocycles. The largest absolute Gasteiger partial charge is 0.477 e. The number of hydrogen-bond donors (Lipinski definition) is 0. The van der Waals surface area contributed by atoms with E-state index in [0.717, 1.165) is 19.3 Å². The van der Waals surface area contributed by atoms with Crippen molar-refractivity contribution in [3.05, 3.63) is 53.5 Å². The molecule has 3 rings (SSSR count). The minimum Gasteiger partial charge on any atom is -0.477 e. The number of rotatable bonds is 7. The van der Waals surface area contributed by atoms with E-state index in [-0.39, 0.29) is 17.6 Å². The number of ether oxygens (including phenoxy) is 1. The minimum atomic E-state index is -0.135. The number of hydrazone groups is 1. The summed E-state index contributed by atoms with van der Waals surface area (Å²) in [6.07, 6.45) is 12.7. The number of nitrogens with zero attached hydrogens (tertiary/aromatic N) is 5. The first-order valence-corrected chi connectivity index (χ1v) is 9.33. The molecule has 144 valence electrons. The van der Waals surface area contributed by atoms with Crippen LogP contribution in [0.4, 0.5) is 0 Å². The van der Waals surface area contributed by atoms with Gasteiger partial charge in [-0.1, -0.05) is 24.3 Å². The zero-order valence-electron chi connectivity index (χ0n) is 16.0. The summed E-state index contributed by atoms with van der Waals surface area (Å²) in [5.74, 6) is 0.219. The van der Waals surface area contributed by atoms with Crippen molar-refractivity contribution in [1.82, 2.24) is 15.0 Å². The Kier molecular flexibility index (Phi) is 6.33. The van der Waals surface area contributed by atoms with Crippen molar-refractivity contribution >= 4 is 12.1 Å². The van der Waals surface area contributed by atoms with E-state index in [4.69, 9.17) is 10.00 Å². The smallest absolute Gasteiger partial charge is 0.269 e. The molecule has 1 aliphatic heterocycles. The van der Waals surface area contributed by atoms with E-state index in [9.17, 15) is 4.79 Å². The van der Waals surface area contributed by atoms with Gasteiger partial charge in [-0.2, -0.15) is 10.4 Å². The lowest BCUT2D eigenvalue weighted by Gasteiger charge is -2.26. The molecule has 1 unspecified atom stereocenters. The van der Waals surface area contributed by atoms with Crippen LogP contribution in [-0.2, 0) is 4.79 Å². The van der Waals surface area contributed by atoms with Crippen molar-refractivity contribution in [2.75, 3.05) is 6.61 Å². The third-order valence-corrected chi connectivity index (χ3v) is 4.77. The van der Waals surface area contributed by atoms with Gasteiger partial charge in [0.05, 0.1) is 25.0 Å². The molecule has 28 heavy (non-hydrogen) atoms. The normalized spacial score (nSPS) is 18.3. The number of nitriles is 1. The summed E-state index contributed by atoms with van der Waals surface area (Å²) in [4.78, 5) is 20.7. The average Bonchev–Trinajstić information content (AvgIpc) is 3.21. The zero-order chi connectivity index (χ0) is 19.9. The summed E-state index contributed by atoms with van der Waals surface area (Å²) in [5.41, 5.74) is 3.36. The fourth-order valence-corrected chi connectivity index (χ4v) is 3.13. The van der Waals surface area contributed by atoms with Crippen LogP contribution in [0.2, 0.25) is 0 Å². The van der Waals surface area contributed by atoms with Gasteiger partial charge in [-0.3, -0.25) is 4.79 Å². The van der Waals surface area contributed by atoms with E-state index in [1.54, 1.807) is 11.2 Å². The Bertz CT molecular complexity index is 877. The maximum atomic E-state index is 12.8. The molecule has 0 fully saturated rings. The average molecular weight is 377 g/mol. The summed E-state index contributed by atoms with van der Waals surface area (Å²) in [6.45, 7) is 6.45. The molecule has 0 radical (unpaired) electrons. The highest BCUT2D eigenvalue weighted by Gasteiger charge is 2.30. The Morgan fingerprint density at radius 2 is 2.21 bits per heavy atom. The lowest BCUT2D eigenvalue weighted by molar-refractivity contribution is -0.128. The van der Waals surface area contributed by atoms with Crippen LogP contribution < -0.4 is 4.74 Å². The first kappa shape index (κ1) is 19.5. The molecule has 2 aliphatic rings. The lowest BCUT2D eigenvalue weighted by Crippen LogP contribution is -2.35. The van der Waals surface area contributed by atoms with E-state index >= 15 is 0 Å². The first-order valence-electron chi connectivity index (χ1n) is 9.33.